The monoisotopic (exact) mass is 224 g/mol. The zero-order valence-electron chi connectivity index (χ0n) is 8.77. The first-order chi connectivity index (χ1) is 7.67. The summed E-state index contributed by atoms with van der Waals surface area (Å²) in [5.74, 6) is 0.284. The molecule has 0 bridgehead atoms. The van der Waals surface area contributed by atoms with Crippen LogP contribution in [0.1, 0.15) is 17.0 Å². The van der Waals surface area contributed by atoms with E-state index in [9.17, 15) is 14.4 Å². The van der Waals surface area contributed by atoms with Crippen molar-refractivity contribution in [1.82, 2.24) is 14.9 Å². The third kappa shape index (κ3) is 3.19. The van der Waals surface area contributed by atoms with Crippen molar-refractivity contribution in [1.29, 1.82) is 0 Å². The molecule has 0 saturated heterocycles. The van der Waals surface area contributed by atoms with Crippen LogP contribution in [0.5, 0.6) is 0 Å². The Hall–Kier alpha value is -2.18. The number of hydrogen-bond acceptors (Lipinski definition) is 4. The van der Waals surface area contributed by atoms with Crippen LogP contribution in [0.4, 0.5) is 5.82 Å². The molecule has 16 heavy (non-hydrogen) atoms. The smallest absolute Gasteiger partial charge is 0.227 e. The predicted molar refractivity (Wildman–Crippen MR) is 55.9 cm³/mol. The van der Waals surface area contributed by atoms with E-state index in [0.29, 0.717) is 18.5 Å². The number of amides is 2. The summed E-state index contributed by atoms with van der Waals surface area (Å²) < 4.78 is 1.51. The van der Waals surface area contributed by atoms with Crippen LogP contribution in [-0.4, -0.2) is 34.7 Å². The Morgan fingerprint density at radius 3 is 2.88 bits per heavy atom. The average molecular weight is 224 g/mol. The lowest BCUT2D eigenvalue weighted by atomic mass is 10.4. The number of aldehydes is 1. The Bertz CT molecular complexity index is 399. The average Bonchev–Trinajstić information content (AvgIpc) is 2.59. The molecule has 0 aromatic carbocycles. The molecule has 7 heteroatoms. The minimum atomic E-state index is -0.273. The molecule has 2 amide bonds. The van der Waals surface area contributed by atoms with Crippen LogP contribution in [-0.2, 0) is 16.6 Å². The van der Waals surface area contributed by atoms with Gasteiger partial charge < -0.3 is 15.2 Å². The van der Waals surface area contributed by atoms with Crippen LogP contribution < -0.4 is 10.6 Å². The Morgan fingerprint density at radius 2 is 2.31 bits per heavy atom. The van der Waals surface area contributed by atoms with E-state index < -0.39 is 0 Å². The van der Waals surface area contributed by atoms with Crippen molar-refractivity contribution in [3.05, 3.63) is 12.0 Å². The first-order valence-corrected chi connectivity index (χ1v) is 4.62. The maximum Gasteiger partial charge on any atom is 0.227 e. The SMILES string of the molecule is Cn1cc(NC(=O)CCNC=O)nc1C=O. The molecule has 0 spiro atoms. The third-order valence-corrected chi connectivity index (χ3v) is 1.86. The van der Waals surface area contributed by atoms with Gasteiger partial charge in [0.05, 0.1) is 0 Å². The van der Waals surface area contributed by atoms with E-state index in [1.807, 2.05) is 0 Å². The van der Waals surface area contributed by atoms with Crippen LogP contribution in [0.15, 0.2) is 6.20 Å². The largest absolute Gasteiger partial charge is 0.358 e. The Morgan fingerprint density at radius 1 is 1.56 bits per heavy atom. The van der Waals surface area contributed by atoms with Gasteiger partial charge in [-0.15, -0.1) is 0 Å². The van der Waals surface area contributed by atoms with Crippen LogP contribution >= 0.6 is 0 Å². The zero-order valence-corrected chi connectivity index (χ0v) is 8.77. The van der Waals surface area contributed by atoms with E-state index in [1.165, 1.54) is 10.8 Å². The number of carbonyl (C=O) groups is 3. The summed E-state index contributed by atoms with van der Waals surface area (Å²) in [7, 11) is 1.65. The number of aryl methyl sites for hydroxylation is 1. The minimum Gasteiger partial charge on any atom is -0.358 e. The molecule has 0 aliphatic rings. The number of nitrogens with zero attached hydrogens (tertiary/aromatic N) is 2. The summed E-state index contributed by atoms with van der Waals surface area (Å²) in [6, 6.07) is 0. The summed E-state index contributed by atoms with van der Waals surface area (Å²) in [5.41, 5.74) is 0. The fourth-order valence-electron chi connectivity index (χ4n) is 1.10. The highest BCUT2D eigenvalue weighted by molar-refractivity contribution is 5.90. The van der Waals surface area contributed by atoms with Gasteiger partial charge in [0.15, 0.2) is 17.9 Å². The molecule has 7 nitrogen and oxygen atoms in total. The van der Waals surface area contributed by atoms with Crippen molar-refractivity contribution in [3.63, 3.8) is 0 Å². The van der Waals surface area contributed by atoms with Gasteiger partial charge in [0.2, 0.25) is 12.3 Å². The van der Waals surface area contributed by atoms with E-state index in [0.717, 1.165) is 0 Å². The molecule has 1 heterocycles. The van der Waals surface area contributed by atoms with E-state index in [1.54, 1.807) is 7.05 Å². The molecule has 1 aromatic rings. The Balaban J connectivity index is 2.49. The van der Waals surface area contributed by atoms with Crippen molar-refractivity contribution >= 4 is 24.4 Å². The van der Waals surface area contributed by atoms with Crippen molar-refractivity contribution in [2.24, 2.45) is 7.05 Å². The van der Waals surface area contributed by atoms with Gasteiger partial charge in [-0.05, 0) is 0 Å². The van der Waals surface area contributed by atoms with E-state index in [2.05, 4.69) is 15.6 Å². The highest BCUT2D eigenvalue weighted by Gasteiger charge is 2.07. The van der Waals surface area contributed by atoms with Crippen molar-refractivity contribution < 1.29 is 14.4 Å². The second-order valence-electron chi connectivity index (χ2n) is 3.08. The van der Waals surface area contributed by atoms with Crippen molar-refractivity contribution in [2.45, 2.75) is 6.42 Å². The Labute approximate surface area is 91.8 Å². The van der Waals surface area contributed by atoms with Gasteiger partial charge in [0.1, 0.15) is 0 Å². The van der Waals surface area contributed by atoms with Gasteiger partial charge in [0, 0.05) is 26.2 Å². The van der Waals surface area contributed by atoms with Gasteiger partial charge in [-0.3, -0.25) is 14.4 Å². The fourth-order valence-corrected chi connectivity index (χ4v) is 1.10. The lowest BCUT2D eigenvalue weighted by Crippen LogP contribution is -2.20. The number of nitrogens with one attached hydrogen (secondary N) is 2. The molecule has 0 aliphatic heterocycles. The third-order valence-electron chi connectivity index (χ3n) is 1.86. The molecule has 0 saturated carbocycles. The van der Waals surface area contributed by atoms with Gasteiger partial charge in [-0.2, -0.15) is 0 Å². The molecule has 0 fully saturated rings. The van der Waals surface area contributed by atoms with Crippen LogP contribution in [0.3, 0.4) is 0 Å². The molecule has 1 rings (SSSR count). The molecular formula is C9H12N4O3. The zero-order chi connectivity index (χ0) is 12.0. The molecule has 86 valence electrons. The highest BCUT2D eigenvalue weighted by Crippen LogP contribution is 2.05. The highest BCUT2D eigenvalue weighted by atomic mass is 16.2. The normalized spacial score (nSPS) is 9.56. The maximum absolute atomic E-state index is 11.3. The molecule has 1 aromatic heterocycles. The summed E-state index contributed by atoms with van der Waals surface area (Å²) in [6.07, 6.45) is 2.82. The quantitative estimate of drug-likeness (QED) is 0.494. The number of rotatable bonds is 6. The molecule has 0 radical (unpaired) electrons. The predicted octanol–water partition coefficient (Wildman–Crippen LogP) is -0.693. The van der Waals surface area contributed by atoms with Gasteiger partial charge in [-0.25, -0.2) is 4.98 Å². The Kier molecular flexibility index (Phi) is 4.19. The number of imidazole rings is 1. The lowest BCUT2D eigenvalue weighted by Gasteiger charge is -2.00. The van der Waals surface area contributed by atoms with E-state index in [4.69, 9.17) is 0 Å². The molecule has 0 aliphatic carbocycles. The second-order valence-corrected chi connectivity index (χ2v) is 3.08. The van der Waals surface area contributed by atoms with Crippen LogP contribution in [0.2, 0.25) is 0 Å². The van der Waals surface area contributed by atoms with Gasteiger partial charge in [-0.1, -0.05) is 0 Å². The lowest BCUT2D eigenvalue weighted by molar-refractivity contribution is -0.116. The first kappa shape index (κ1) is 11.9. The van der Waals surface area contributed by atoms with Crippen LogP contribution in [0, 0.1) is 0 Å². The first-order valence-electron chi connectivity index (χ1n) is 4.62. The topological polar surface area (TPSA) is 93.1 Å². The van der Waals surface area contributed by atoms with Crippen LogP contribution in [0.25, 0.3) is 0 Å². The molecule has 0 unspecified atom stereocenters. The summed E-state index contributed by atoms with van der Waals surface area (Å²) >= 11 is 0. The van der Waals surface area contributed by atoms with Gasteiger partial charge >= 0.3 is 0 Å². The van der Waals surface area contributed by atoms with Crippen molar-refractivity contribution in [3.8, 4) is 0 Å². The number of carbonyl (C=O) groups excluding carboxylic acids is 3. The summed E-state index contributed by atoms with van der Waals surface area (Å²) in [4.78, 5) is 35.6. The van der Waals surface area contributed by atoms with E-state index >= 15 is 0 Å². The molecule has 2 N–H and O–H groups in total. The summed E-state index contributed by atoms with van der Waals surface area (Å²) in [6.45, 7) is 0.267. The number of hydrogen-bond donors (Lipinski definition) is 2. The molecular weight excluding hydrogens is 212 g/mol. The minimum absolute atomic E-state index is 0.158. The maximum atomic E-state index is 11.3. The second kappa shape index (κ2) is 5.64. The standard InChI is InChI=1S/C9H12N4O3/c1-13-4-7(11-8(13)5-14)12-9(16)2-3-10-6-15/h4-6H,2-3H2,1H3,(H,10,15)(H,12,16). The number of aromatic nitrogens is 2. The summed E-state index contributed by atoms with van der Waals surface area (Å²) in [5, 5.41) is 4.88. The van der Waals surface area contributed by atoms with Gasteiger partial charge in [0.25, 0.3) is 0 Å². The molecule has 0 atom stereocenters. The fraction of sp³-hybridized carbons (Fsp3) is 0.333. The van der Waals surface area contributed by atoms with E-state index in [-0.39, 0.29) is 24.7 Å². The number of anilines is 1. The van der Waals surface area contributed by atoms with Crippen molar-refractivity contribution in [2.75, 3.05) is 11.9 Å².